The van der Waals surface area contributed by atoms with E-state index in [0.717, 1.165) is 64.2 Å². The summed E-state index contributed by atoms with van der Waals surface area (Å²) in [5.74, 6) is -2.49. The number of aliphatic hydroxyl groups is 1. The Morgan fingerprint density at radius 2 is 1.19 bits per heavy atom. The van der Waals surface area contributed by atoms with Crippen molar-refractivity contribution >= 4 is 25.7 Å². The zero-order chi connectivity index (χ0) is 35.7. The van der Waals surface area contributed by atoms with Gasteiger partial charge in [-0.25, -0.2) is 9.36 Å². The highest BCUT2D eigenvalue weighted by Gasteiger charge is 2.28. The Bertz CT molecular complexity index is 1100. The molecule has 12 heteroatoms. The normalized spacial score (nSPS) is 14.9. The van der Waals surface area contributed by atoms with Crippen molar-refractivity contribution in [3.05, 3.63) is 72.9 Å². The number of allylic oxidation sites excluding steroid dienone is 12. The van der Waals surface area contributed by atoms with Crippen molar-refractivity contribution in [1.29, 1.82) is 0 Å². The van der Waals surface area contributed by atoms with Crippen LogP contribution < -0.4 is 5.32 Å². The van der Waals surface area contributed by atoms with Gasteiger partial charge in [0.2, 0.25) is 5.91 Å². The molecule has 4 N–H and O–H groups in total. The fraction of sp³-hybridized carbons (Fsp3) is 0.583. The average molecular weight is 696 g/mol. The third-order valence-corrected chi connectivity index (χ3v) is 7.43. The van der Waals surface area contributed by atoms with Crippen molar-refractivity contribution < 1.29 is 47.8 Å². The Balaban J connectivity index is 3.85. The summed E-state index contributed by atoms with van der Waals surface area (Å²) in [4.78, 5) is 44.5. The smallest absolute Gasteiger partial charge is 0.472 e. The molecule has 272 valence electrons. The number of nitrogens with one attached hydrogen (secondary N) is 1. The minimum atomic E-state index is -4.73. The van der Waals surface area contributed by atoms with Crippen LogP contribution in [0.3, 0.4) is 0 Å². The number of amides is 1. The summed E-state index contributed by atoms with van der Waals surface area (Å²) in [5, 5.41) is 21.2. The predicted molar refractivity (Wildman–Crippen MR) is 189 cm³/mol. The first-order valence-electron chi connectivity index (χ1n) is 17.0. The third kappa shape index (κ3) is 30.3. The summed E-state index contributed by atoms with van der Waals surface area (Å²) in [7, 11) is -4.73. The van der Waals surface area contributed by atoms with Crippen molar-refractivity contribution in [2.24, 2.45) is 0 Å². The van der Waals surface area contributed by atoms with Crippen LogP contribution in [0.15, 0.2) is 72.9 Å². The van der Waals surface area contributed by atoms with Crippen molar-refractivity contribution in [3.63, 3.8) is 0 Å². The van der Waals surface area contributed by atoms with Gasteiger partial charge in [-0.15, -0.1) is 0 Å². The summed E-state index contributed by atoms with van der Waals surface area (Å²) in [6.45, 7) is 1.94. The van der Waals surface area contributed by atoms with Crippen LogP contribution >= 0.6 is 7.82 Å². The molecule has 3 atom stereocenters. The first kappa shape index (κ1) is 44.9. The monoisotopic (exact) mass is 695 g/mol. The maximum Gasteiger partial charge on any atom is 0.472 e. The second-order valence-corrected chi connectivity index (χ2v) is 12.4. The largest absolute Gasteiger partial charge is 0.480 e. The quantitative estimate of drug-likeness (QED) is 0.0257. The van der Waals surface area contributed by atoms with Gasteiger partial charge < -0.3 is 25.2 Å². The van der Waals surface area contributed by atoms with E-state index in [2.05, 4.69) is 94.2 Å². The Kier molecular flexibility index (Phi) is 29.2. The second-order valence-electron chi connectivity index (χ2n) is 11.0. The van der Waals surface area contributed by atoms with E-state index in [4.69, 9.17) is 9.84 Å². The molecule has 0 aromatic rings. The van der Waals surface area contributed by atoms with Gasteiger partial charge in [0.25, 0.3) is 0 Å². The van der Waals surface area contributed by atoms with E-state index in [1.165, 1.54) is 0 Å². The molecule has 0 aliphatic carbocycles. The van der Waals surface area contributed by atoms with E-state index in [1.54, 1.807) is 6.92 Å². The molecule has 0 saturated heterocycles. The molecule has 3 unspecified atom stereocenters. The minimum Gasteiger partial charge on any atom is -0.480 e. The van der Waals surface area contributed by atoms with Crippen LogP contribution in [0.2, 0.25) is 0 Å². The Hall–Kier alpha value is -3.08. The van der Waals surface area contributed by atoms with E-state index >= 15 is 0 Å². The summed E-state index contributed by atoms with van der Waals surface area (Å²) >= 11 is 0. The molecule has 0 saturated carbocycles. The Morgan fingerprint density at radius 1 is 0.688 bits per heavy atom. The standard InChI is InChI=1S/C36H58NO10P/c1-3-5-6-7-8-9-10-11-12-13-14-15-16-17-18-19-20-21-22-23-24-25-26-28-35(40)45-29-32(38)30-46-48(43,44)47-31-33(36(41)42)37-34(39)27-4-2/h5-6,8-9,11-12,14-15,17-18,20-21,32-33,38H,3-4,7,10,13,16,19,22-31H2,1-2H3,(H,37,39)(H,41,42)(H,43,44)/b6-5-,9-8-,12-11-,15-14-,18-17-,21-20-. The zero-order valence-corrected chi connectivity index (χ0v) is 29.6. The number of aliphatic hydroxyl groups excluding tert-OH is 1. The highest BCUT2D eigenvalue weighted by Crippen LogP contribution is 2.43. The fourth-order valence-electron chi connectivity index (χ4n) is 3.89. The maximum absolute atomic E-state index is 12.0. The number of carbonyl (C=O) groups is 3. The number of carboxylic acids is 1. The Morgan fingerprint density at radius 3 is 1.71 bits per heavy atom. The number of hydrogen-bond acceptors (Lipinski definition) is 8. The van der Waals surface area contributed by atoms with Gasteiger partial charge in [-0.05, 0) is 64.2 Å². The fourth-order valence-corrected chi connectivity index (χ4v) is 4.66. The molecule has 48 heavy (non-hydrogen) atoms. The van der Waals surface area contributed by atoms with Crippen molar-refractivity contribution in [2.45, 2.75) is 116 Å². The van der Waals surface area contributed by atoms with Crippen LogP contribution in [0.5, 0.6) is 0 Å². The molecule has 0 heterocycles. The van der Waals surface area contributed by atoms with E-state index in [0.29, 0.717) is 12.8 Å². The predicted octanol–water partition coefficient (Wildman–Crippen LogP) is 7.43. The number of phosphoric acid groups is 1. The van der Waals surface area contributed by atoms with Gasteiger partial charge in [0.15, 0.2) is 6.04 Å². The molecule has 11 nitrogen and oxygen atoms in total. The molecular weight excluding hydrogens is 637 g/mol. The van der Waals surface area contributed by atoms with Crippen LogP contribution in [-0.2, 0) is 32.7 Å². The van der Waals surface area contributed by atoms with Gasteiger partial charge in [-0.2, -0.15) is 0 Å². The van der Waals surface area contributed by atoms with E-state index in [-0.39, 0.29) is 12.8 Å². The maximum atomic E-state index is 12.0. The molecule has 0 spiro atoms. The number of carbonyl (C=O) groups excluding carboxylic acids is 2. The lowest BCUT2D eigenvalue weighted by Gasteiger charge is -2.18. The van der Waals surface area contributed by atoms with Gasteiger partial charge in [0.1, 0.15) is 12.7 Å². The molecule has 0 aromatic heterocycles. The van der Waals surface area contributed by atoms with Crippen LogP contribution in [0.25, 0.3) is 0 Å². The number of phosphoric ester groups is 1. The van der Waals surface area contributed by atoms with Crippen LogP contribution in [-0.4, -0.2) is 64.9 Å². The lowest BCUT2D eigenvalue weighted by atomic mass is 10.1. The lowest BCUT2D eigenvalue weighted by Crippen LogP contribution is -2.43. The summed E-state index contributed by atoms with van der Waals surface area (Å²) in [5.41, 5.74) is 0. The third-order valence-electron chi connectivity index (χ3n) is 6.48. The topological polar surface area (TPSA) is 169 Å². The van der Waals surface area contributed by atoms with E-state index in [1.807, 2.05) is 0 Å². The van der Waals surface area contributed by atoms with Gasteiger partial charge >= 0.3 is 19.8 Å². The zero-order valence-electron chi connectivity index (χ0n) is 28.8. The summed E-state index contributed by atoms with van der Waals surface area (Å²) < 4.78 is 26.2. The number of unbranched alkanes of at least 4 members (excludes halogenated alkanes) is 4. The summed E-state index contributed by atoms with van der Waals surface area (Å²) in [6, 6.07) is -1.55. The molecule has 1 amide bonds. The van der Waals surface area contributed by atoms with Crippen LogP contribution in [0.4, 0.5) is 0 Å². The first-order valence-corrected chi connectivity index (χ1v) is 18.5. The molecule has 0 aliphatic heterocycles. The first-order chi connectivity index (χ1) is 23.1. The van der Waals surface area contributed by atoms with Gasteiger partial charge in [0.05, 0.1) is 13.2 Å². The molecule has 0 rings (SSSR count). The Labute approximate surface area is 287 Å². The molecule has 0 radical (unpaired) electrons. The van der Waals surface area contributed by atoms with Crippen LogP contribution in [0.1, 0.15) is 104 Å². The van der Waals surface area contributed by atoms with Crippen molar-refractivity contribution in [1.82, 2.24) is 5.32 Å². The molecule has 0 fully saturated rings. The SMILES string of the molecule is CC/C=C\C/C=C\C/C=C\C/C=C\C/C=C\C/C=C\CCCCCCC(=O)OCC(O)COP(=O)(O)OCC(NC(=O)CCC)C(=O)O. The molecule has 0 aromatic carbocycles. The van der Waals surface area contributed by atoms with E-state index in [9.17, 15) is 28.9 Å². The van der Waals surface area contributed by atoms with Gasteiger partial charge in [0, 0.05) is 12.8 Å². The van der Waals surface area contributed by atoms with E-state index < -0.39 is 57.6 Å². The number of carboxylic acid groups (broad SMARTS) is 1. The molecule has 0 bridgehead atoms. The highest BCUT2D eigenvalue weighted by molar-refractivity contribution is 7.47. The average Bonchev–Trinajstić information content (AvgIpc) is 3.05. The number of hydrogen-bond donors (Lipinski definition) is 4. The number of rotatable bonds is 30. The van der Waals surface area contributed by atoms with Crippen molar-refractivity contribution in [3.8, 4) is 0 Å². The summed E-state index contributed by atoms with van der Waals surface area (Å²) in [6.07, 6.45) is 35.9. The number of aliphatic carboxylic acids is 1. The molecule has 0 aliphatic rings. The van der Waals surface area contributed by atoms with Gasteiger partial charge in [-0.3, -0.25) is 18.6 Å². The van der Waals surface area contributed by atoms with Crippen LogP contribution in [0, 0.1) is 0 Å². The highest BCUT2D eigenvalue weighted by atomic mass is 31.2. The van der Waals surface area contributed by atoms with Crippen molar-refractivity contribution in [2.75, 3.05) is 19.8 Å². The minimum absolute atomic E-state index is 0.0903. The molecular formula is C36H58NO10P. The number of esters is 1. The second kappa shape index (κ2) is 31.2. The lowest BCUT2D eigenvalue weighted by molar-refractivity contribution is -0.147. The number of ether oxygens (including phenoxy) is 1. The van der Waals surface area contributed by atoms with Gasteiger partial charge in [-0.1, -0.05) is 99.6 Å².